The Morgan fingerprint density at radius 1 is 1.00 bits per heavy atom. The minimum absolute atomic E-state index is 0.0505. The highest BCUT2D eigenvalue weighted by Crippen LogP contribution is 2.15. The number of nitrogens with one attached hydrogen (secondary N) is 1. The summed E-state index contributed by atoms with van der Waals surface area (Å²) in [7, 11) is 4.91. The molecule has 2 aromatic carbocycles. The van der Waals surface area contributed by atoms with E-state index in [1.807, 2.05) is 14.1 Å². The second-order valence-corrected chi connectivity index (χ2v) is 5.77. The number of hydrogen-bond acceptors (Lipinski definition) is 6. The van der Waals surface area contributed by atoms with E-state index in [0.29, 0.717) is 16.8 Å². The highest BCUT2D eigenvalue weighted by Gasteiger charge is 2.11. The van der Waals surface area contributed by atoms with Gasteiger partial charge >= 0.3 is 12.1 Å². The van der Waals surface area contributed by atoms with Crippen LogP contribution in [0.5, 0.6) is 5.75 Å². The lowest BCUT2D eigenvalue weighted by Gasteiger charge is -2.10. The minimum atomic E-state index is -0.701. The molecule has 0 saturated carbocycles. The molecule has 7 nitrogen and oxygen atoms in total. The molecule has 0 aliphatic rings. The summed E-state index contributed by atoms with van der Waals surface area (Å²) >= 11 is 0. The minimum Gasteiger partial charge on any atom is -0.465 e. The molecule has 0 atom stereocenters. The molecule has 0 aromatic heterocycles. The fourth-order valence-electron chi connectivity index (χ4n) is 2.18. The number of methoxy groups -OCH3 is 1. The molecule has 0 aliphatic carbocycles. The number of rotatable bonds is 6. The van der Waals surface area contributed by atoms with Crippen LogP contribution in [0.25, 0.3) is 0 Å². The maximum absolute atomic E-state index is 12.1. The summed E-state index contributed by atoms with van der Waals surface area (Å²) in [5.74, 6) is -0.249. The summed E-state index contributed by atoms with van der Waals surface area (Å²) < 4.78 is 9.76. The van der Waals surface area contributed by atoms with Gasteiger partial charge in [-0.05, 0) is 50.5 Å². The number of carbonyl (C=O) groups is 3. The third kappa shape index (κ3) is 5.42. The first-order valence-corrected chi connectivity index (χ1v) is 7.84. The van der Waals surface area contributed by atoms with Crippen LogP contribution in [0.3, 0.4) is 0 Å². The molecule has 26 heavy (non-hydrogen) atoms. The molecule has 0 radical (unpaired) electrons. The number of ketones is 1. The molecule has 0 bridgehead atoms. The Kier molecular flexibility index (Phi) is 6.46. The second kappa shape index (κ2) is 8.77. The first-order valence-electron chi connectivity index (χ1n) is 7.84. The number of ether oxygens (including phenoxy) is 2. The van der Waals surface area contributed by atoms with Gasteiger partial charge in [0.05, 0.1) is 19.2 Å². The summed E-state index contributed by atoms with van der Waals surface area (Å²) in [6.45, 7) is 0.278. The summed E-state index contributed by atoms with van der Waals surface area (Å²) in [4.78, 5) is 37.2. The zero-order valence-corrected chi connectivity index (χ0v) is 14.8. The van der Waals surface area contributed by atoms with Crippen molar-refractivity contribution in [2.45, 2.75) is 0 Å². The van der Waals surface area contributed by atoms with Crippen LogP contribution in [0.15, 0.2) is 48.5 Å². The average Bonchev–Trinajstić information content (AvgIpc) is 2.61. The summed E-state index contributed by atoms with van der Waals surface area (Å²) in [6.07, 6.45) is -0.701. The predicted octanol–water partition coefficient (Wildman–Crippen LogP) is 2.83. The van der Waals surface area contributed by atoms with Crippen molar-refractivity contribution in [2.24, 2.45) is 0 Å². The quantitative estimate of drug-likeness (QED) is 0.633. The van der Waals surface area contributed by atoms with Crippen molar-refractivity contribution in [1.29, 1.82) is 0 Å². The molecule has 0 aliphatic heterocycles. The number of likely N-dealkylation sites (N-methyl/N-ethyl adjacent to an activating group) is 1. The molecule has 0 spiro atoms. The van der Waals surface area contributed by atoms with Crippen molar-refractivity contribution in [2.75, 3.05) is 33.1 Å². The summed E-state index contributed by atoms with van der Waals surface area (Å²) in [5.41, 5.74) is 1.30. The fraction of sp³-hybridized carbons (Fsp3) is 0.211. The first-order chi connectivity index (χ1) is 12.4. The van der Waals surface area contributed by atoms with Crippen LogP contribution in [-0.2, 0) is 4.74 Å². The van der Waals surface area contributed by atoms with E-state index in [2.05, 4.69) is 10.1 Å². The largest absolute Gasteiger partial charge is 0.465 e. The van der Waals surface area contributed by atoms with Crippen LogP contribution in [0.1, 0.15) is 20.7 Å². The van der Waals surface area contributed by atoms with Gasteiger partial charge in [0.15, 0.2) is 5.78 Å². The number of esters is 1. The van der Waals surface area contributed by atoms with Crippen molar-refractivity contribution < 1.29 is 23.9 Å². The smallest absolute Gasteiger partial charge is 0.417 e. The Morgan fingerprint density at radius 3 is 2.31 bits per heavy atom. The van der Waals surface area contributed by atoms with Gasteiger partial charge in [0.25, 0.3) is 0 Å². The van der Waals surface area contributed by atoms with Gasteiger partial charge in [-0.25, -0.2) is 9.59 Å². The molecular weight excluding hydrogens is 336 g/mol. The van der Waals surface area contributed by atoms with Crippen LogP contribution in [0, 0.1) is 0 Å². The Labute approximate surface area is 151 Å². The Balaban J connectivity index is 1.99. The molecule has 2 rings (SSSR count). The molecular formula is C19H20N2O5. The van der Waals surface area contributed by atoms with Gasteiger partial charge in [-0.3, -0.25) is 10.1 Å². The van der Waals surface area contributed by atoms with E-state index in [1.165, 1.54) is 31.4 Å². The number of carbonyl (C=O) groups excluding carboxylic acids is 3. The first kappa shape index (κ1) is 19.1. The Bertz CT molecular complexity index is 800. The van der Waals surface area contributed by atoms with Crippen molar-refractivity contribution in [1.82, 2.24) is 4.90 Å². The van der Waals surface area contributed by atoms with E-state index < -0.39 is 12.1 Å². The lowest BCUT2D eigenvalue weighted by Crippen LogP contribution is -2.22. The van der Waals surface area contributed by atoms with Gasteiger partial charge in [0.2, 0.25) is 0 Å². The van der Waals surface area contributed by atoms with Gasteiger partial charge in [-0.1, -0.05) is 12.1 Å². The van der Waals surface area contributed by atoms with Crippen molar-refractivity contribution in [3.8, 4) is 5.75 Å². The number of benzene rings is 2. The van der Waals surface area contributed by atoms with Gasteiger partial charge in [0.1, 0.15) is 5.75 Å². The normalized spacial score (nSPS) is 10.3. The molecule has 1 N–H and O–H groups in total. The van der Waals surface area contributed by atoms with Gasteiger partial charge in [-0.15, -0.1) is 0 Å². The lowest BCUT2D eigenvalue weighted by molar-refractivity contribution is 0.0600. The number of anilines is 1. The van der Waals surface area contributed by atoms with Crippen molar-refractivity contribution in [3.63, 3.8) is 0 Å². The molecule has 0 saturated heterocycles. The van der Waals surface area contributed by atoms with E-state index in [0.717, 1.165) is 0 Å². The molecule has 0 fully saturated rings. The Hall–Kier alpha value is -3.19. The van der Waals surface area contributed by atoms with E-state index in [4.69, 9.17) is 4.74 Å². The number of amides is 1. The molecule has 1 amide bonds. The van der Waals surface area contributed by atoms with Crippen LogP contribution in [0.4, 0.5) is 10.5 Å². The summed E-state index contributed by atoms with van der Waals surface area (Å²) in [6, 6.07) is 12.6. The van der Waals surface area contributed by atoms with Gasteiger partial charge in [0, 0.05) is 11.3 Å². The topological polar surface area (TPSA) is 84.9 Å². The van der Waals surface area contributed by atoms with Crippen LogP contribution >= 0.6 is 0 Å². The maximum atomic E-state index is 12.1. The zero-order valence-electron chi connectivity index (χ0n) is 14.8. The Morgan fingerprint density at radius 2 is 1.69 bits per heavy atom. The third-order valence-corrected chi connectivity index (χ3v) is 3.38. The number of Topliss-reactive ketones (excluding diaryl/α,β-unsaturated/α-hetero) is 1. The zero-order chi connectivity index (χ0) is 19.1. The van der Waals surface area contributed by atoms with Gasteiger partial charge in [-0.2, -0.15) is 0 Å². The van der Waals surface area contributed by atoms with E-state index >= 15 is 0 Å². The van der Waals surface area contributed by atoms with E-state index in [9.17, 15) is 14.4 Å². The monoisotopic (exact) mass is 356 g/mol. The van der Waals surface area contributed by atoms with Crippen molar-refractivity contribution in [3.05, 3.63) is 59.7 Å². The van der Waals surface area contributed by atoms with Crippen LogP contribution < -0.4 is 10.1 Å². The van der Waals surface area contributed by atoms with E-state index in [-0.39, 0.29) is 18.1 Å². The maximum Gasteiger partial charge on any atom is 0.417 e. The summed E-state index contributed by atoms with van der Waals surface area (Å²) in [5, 5.41) is 2.57. The van der Waals surface area contributed by atoms with E-state index in [1.54, 1.807) is 29.2 Å². The highest BCUT2D eigenvalue weighted by atomic mass is 16.6. The standard InChI is InChI=1S/C19H20N2O5/c1-21(2)12-17(22)14-5-4-6-15(11-14)20-19(24)26-16-9-7-13(8-10-16)18(23)25-3/h4-11H,12H2,1-3H3,(H,20,24). The molecule has 7 heteroatoms. The molecule has 136 valence electrons. The predicted molar refractivity (Wildman–Crippen MR) is 96.8 cm³/mol. The fourth-order valence-corrected chi connectivity index (χ4v) is 2.18. The van der Waals surface area contributed by atoms with Gasteiger partial charge < -0.3 is 14.4 Å². The number of nitrogens with zero attached hydrogens (tertiary/aromatic N) is 1. The lowest BCUT2D eigenvalue weighted by atomic mass is 10.1. The van der Waals surface area contributed by atoms with Crippen LogP contribution in [-0.4, -0.2) is 50.5 Å². The van der Waals surface area contributed by atoms with Crippen LogP contribution in [0.2, 0.25) is 0 Å². The third-order valence-electron chi connectivity index (χ3n) is 3.38. The molecule has 0 heterocycles. The SMILES string of the molecule is COC(=O)c1ccc(OC(=O)Nc2cccc(C(=O)CN(C)C)c2)cc1. The molecule has 0 unspecified atom stereocenters. The van der Waals surface area contributed by atoms with Crippen molar-refractivity contribution >= 4 is 23.5 Å². The molecule has 2 aromatic rings. The number of hydrogen-bond donors (Lipinski definition) is 1. The average molecular weight is 356 g/mol. The second-order valence-electron chi connectivity index (χ2n) is 5.77. The highest BCUT2D eigenvalue weighted by molar-refractivity contribution is 5.99.